The van der Waals surface area contributed by atoms with Gasteiger partial charge in [0, 0.05) is 25.4 Å². The molecule has 0 amide bonds. The van der Waals surface area contributed by atoms with Gasteiger partial charge in [0.15, 0.2) is 0 Å². The molecule has 6 heteroatoms. The quantitative estimate of drug-likeness (QED) is 0.871. The molecule has 0 bridgehead atoms. The van der Waals surface area contributed by atoms with Gasteiger partial charge in [-0.3, -0.25) is 0 Å². The average molecular weight is 314 g/mol. The van der Waals surface area contributed by atoms with Crippen LogP contribution in [0.4, 0.5) is 0 Å². The van der Waals surface area contributed by atoms with E-state index in [4.69, 9.17) is 0 Å². The Labute approximate surface area is 126 Å². The molecule has 2 rings (SSSR count). The lowest BCUT2D eigenvalue weighted by Crippen LogP contribution is -2.37. The van der Waals surface area contributed by atoms with Gasteiger partial charge in [-0.1, -0.05) is 25.1 Å². The highest BCUT2D eigenvalue weighted by Gasteiger charge is 2.31. The fourth-order valence-electron chi connectivity index (χ4n) is 2.32. The highest BCUT2D eigenvalue weighted by atomic mass is 32.2. The van der Waals surface area contributed by atoms with Crippen molar-refractivity contribution in [3.63, 3.8) is 0 Å². The Bertz CT molecular complexity index is 540. The minimum Gasteiger partial charge on any atom is -0.313 e. The fourth-order valence-corrected chi connectivity index (χ4v) is 5.29. The highest BCUT2D eigenvalue weighted by molar-refractivity contribution is 7.99. The first-order valence-corrected chi connectivity index (χ1v) is 9.51. The first kappa shape index (κ1) is 15.8. The summed E-state index contributed by atoms with van der Waals surface area (Å²) < 4.78 is 27.1. The standard InChI is InChI=1S/C14H22N2O2S2/c1-3-15-10-12-6-4-5-7-14(12)20(17,18)16(2)13-8-9-19-11-13/h4-7,13,15H,3,8-11H2,1-2H3. The molecule has 1 atom stereocenters. The van der Waals surface area contributed by atoms with E-state index in [1.165, 1.54) is 0 Å². The zero-order chi connectivity index (χ0) is 14.6. The van der Waals surface area contributed by atoms with Crippen LogP contribution >= 0.6 is 11.8 Å². The summed E-state index contributed by atoms with van der Waals surface area (Å²) in [7, 11) is -1.70. The van der Waals surface area contributed by atoms with Crippen molar-refractivity contribution in [1.82, 2.24) is 9.62 Å². The maximum absolute atomic E-state index is 12.8. The van der Waals surface area contributed by atoms with Crippen molar-refractivity contribution in [1.29, 1.82) is 0 Å². The number of benzene rings is 1. The Balaban J connectivity index is 2.28. The predicted molar refractivity (Wildman–Crippen MR) is 84.5 cm³/mol. The minimum absolute atomic E-state index is 0.122. The Morgan fingerprint density at radius 2 is 2.15 bits per heavy atom. The summed E-state index contributed by atoms with van der Waals surface area (Å²) in [4.78, 5) is 0.431. The van der Waals surface area contributed by atoms with Crippen molar-refractivity contribution >= 4 is 21.8 Å². The van der Waals surface area contributed by atoms with Crippen LogP contribution in [-0.2, 0) is 16.6 Å². The summed E-state index contributed by atoms with van der Waals surface area (Å²) in [6.07, 6.45) is 0.940. The number of hydrogen-bond acceptors (Lipinski definition) is 4. The summed E-state index contributed by atoms with van der Waals surface area (Å²) in [6, 6.07) is 7.39. The van der Waals surface area contributed by atoms with Crippen molar-refractivity contribution in [2.24, 2.45) is 0 Å². The molecule has 0 aliphatic carbocycles. The second-order valence-electron chi connectivity index (χ2n) is 4.93. The molecule has 0 aromatic heterocycles. The summed E-state index contributed by atoms with van der Waals surface area (Å²) in [5, 5.41) is 3.20. The number of nitrogens with zero attached hydrogens (tertiary/aromatic N) is 1. The van der Waals surface area contributed by atoms with Crippen molar-refractivity contribution < 1.29 is 8.42 Å². The van der Waals surface area contributed by atoms with E-state index < -0.39 is 10.0 Å². The second-order valence-corrected chi connectivity index (χ2v) is 8.04. The third-order valence-electron chi connectivity index (χ3n) is 3.61. The van der Waals surface area contributed by atoms with Crippen LogP contribution in [0.1, 0.15) is 18.9 Å². The van der Waals surface area contributed by atoms with Crippen LogP contribution in [0, 0.1) is 0 Å². The monoisotopic (exact) mass is 314 g/mol. The van der Waals surface area contributed by atoms with Gasteiger partial charge in [-0.25, -0.2) is 8.42 Å². The molecule has 1 aromatic rings. The molecule has 1 unspecified atom stereocenters. The normalized spacial score (nSPS) is 19.6. The van der Waals surface area contributed by atoms with E-state index >= 15 is 0 Å². The summed E-state index contributed by atoms with van der Waals surface area (Å²) in [5.41, 5.74) is 0.840. The van der Waals surface area contributed by atoms with Crippen LogP contribution in [0.25, 0.3) is 0 Å². The van der Waals surface area contributed by atoms with Gasteiger partial charge in [0.05, 0.1) is 4.90 Å². The number of thioether (sulfide) groups is 1. The number of hydrogen-bond donors (Lipinski definition) is 1. The number of nitrogens with one attached hydrogen (secondary N) is 1. The molecular weight excluding hydrogens is 292 g/mol. The Hall–Kier alpha value is -0.560. The molecule has 4 nitrogen and oxygen atoms in total. The third-order valence-corrected chi connectivity index (χ3v) is 6.77. The lowest BCUT2D eigenvalue weighted by atomic mass is 10.2. The van der Waals surface area contributed by atoms with Gasteiger partial charge < -0.3 is 5.32 Å². The van der Waals surface area contributed by atoms with Crippen molar-refractivity contribution in [2.45, 2.75) is 30.8 Å². The Morgan fingerprint density at radius 3 is 2.80 bits per heavy atom. The van der Waals surface area contributed by atoms with Crippen LogP contribution in [0.3, 0.4) is 0 Å². The van der Waals surface area contributed by atoms with Crippen molar-refractivity contribution in [3.05, 3.63) is 29.8 Å². The maximum atomic E-state index is 12.8. The van der Waals surface area contributed by atoms with Crippen LogP contribution in [0.15, 0.2) is 29.2 Å². The van der Waals surface area contributed by atoms with Gasteiger partial charge in [-0.05, 0) is 30.3 Å². The van der Waals surface area contributed by atoms with Gasteiger partial charge >= 0.3 is 0 Å². The van der Waals surface area contributed by atoms with Crippen molar-refractivity contribution in [2.75, 3.05) is 25.1 Å². The van der Waals surface area contributed by atoms with E-state index in [9.17, 15) is 8.42 Å². The molecule has 20 heavy (non-hydrogen) atoms. The van der Waals surface area contributed by atoms with Gasteiger partial charge in [0.2, 0.25) is 10.0 Å². The lowest BCUT2D eigenvalue weighted by molar-refractivity contribution is 0.394. The van der Waals surface area contributed by atoms with Crippen molar-refractivity contribution in [3.8, 4) is 0 Å². The third kappa shape index (κ3) is 3.36. The molecule has 1 aromatic carbocycles. The molecular formula is C14H22N2O2S2. The molecule has 1 heterocycles. The zero-order valence-electron chi connectivity index (χ0n) is 12.0. The number of rotatable bonds is 6. The first-order chi connectivity index (χ1) is 9.57. The molecule has 0 spiro atoms. The summed E-state index contributed by atoms with van der Waals surface area (Å²) in [5.74, 6) is 1.94. The van der Waals surface area contributed by atoms with E-state index in [1.807, 2.05) is 30.8 Å². The molecule has 1 N–H and O–H groups in total. The Morgan fingerprint density at radius 1 is 1.40 bits per heavy atom. The smallest absolute Gasteiger partial charge is 0.243 e. The lowest BCUT2D eigenvalue weighted by Gasteiger charge is -2.24. The number of sulfonamides is 1. The average Bonchev–Trinajstić information content (AvgIpc) is 2.98. The van der Waals surface area contributed by atoms with E-state index in [1.54, 1.807) is 23.5 Å². The first-order valence-electron chi connectivity index (χ1n) is 6.91. The molecule has 1 fully saturated rings. The Kier molecular flexibility index (Phi) is 5.49. The largest absolute Gasteiger partial charge is 0.313 e. The van der Waals surface area contributed by atoms with Crippen LogP contribution < -0.4 is 5.32 Å². The topological polar surface area (TPSA) is 49.4 Å². The molecule has 0 radical (unpaired) electrons. The highest BCUT2D eigenvalue weighted by Crippen LogP contribution is 2.27. The van der Waals surface area contributed by atoms with Gasteiger partial charge in [-0.2, -0.15) is 16.1 Å². The SMILES string of the molecule is CCNCc1ccccc1S(=O)(=O)N(C)C1CCSC1. The predicted octanol–water partition coefficient (Wildman–Crippen LogP) is 1.92. The molecule has 112 valence electrons. The maximum Gasteiger partial charge on any atom is 0.243 e. The van der Waals surface area contributed by atoms with E-state index in [0.29, 0.717) is 11.4 Å². The van der Waals surface area contributed by atoms with Gasteiger partial charge in [0.1, 0.15) is 0 Å². The zero-order valence-corrected chi connectivity index (χ0v) is 13.6. The molecule has 1 aliphatic rings. The second kappa shape index (κ2) is 6.93. The van der Waals surface area contributed by atoms with Gasteiger partial charge in [-0.15, -0.1) is 0 Å². The fraction of sp³-hybridized carbons (Fsp3) is 0.571. The van der Waals surface area contributed by atoms with E-state index in [-0.39, 0.29) is 6.04 Å². The van der Waals surface area contributed by atoms with Crippen LogP contribution in [-0.4, -0.2) is 43.9 Å². The summed E-state index contributed by atoms with van der Waals surface area (Å²) in [6.45, 7) is 3.42. The van der Waals surface area contributed by atoms with Crippen LogP contribution in [0.5, 0.6) is 0 Å². The molecule has 0 saturated carbocycles. The van der Waals surface area contributed by atoms with Crippen LogP contribution in [0.2, 0.25) is 0 Å². The van der Waals surface area contributed by atoms with E-state index in [0.717, 1.165) is 30.0 Å². The van der Waals surface area contributed by atoms with Gasteiger partial charge in [0.25, 0.3) is 0 Å². The molecule has 1 saturated heterocycles. The summed E-state index contributed by atoms with van der Waals surface area (Å²) >= 11 is 1.82. The molecule has 1 aliphatic heterocycles. The van der Waals surface area contributed by atoms with E-state index in [2.05, 4.69) is 5.32 Å². The minimum atomic E-state index is -3.40.